The van der Waals surface area contributed by atoms with Gasteiger partial charge in [-0.25, -0.2) is 0 Å². The lowest BCUT2D eigenvalue weighted by Gasteiger charge is -2.39. The molecule has 0 spiro atoms. The fraction of sp³-hybridized carbons (Fsp3) is 0.619. The van der Waals surface area contributed by atoms with Crippen LogP contribution in [0.5, 0.6) is 5.75 Å². The largest absolute Gasteiger partial charge is 0.497 e. The number of amides is 2. The van der Waals surface area contributed by atoms with E-state index in [-0.39, 0.29) is 17.9 Å². The van der Waals surface area contributed by atoms with Gasteiger partial charge in [-0.3, -0.25) is 9.59 Å². The molecule has 152 valence electrons. The van der Waals surface area contributed by atoms with Crippen molar-refractivity contribution in [3.63, 3.8) is 0 Å². The van der Waals surface area contributed by atoms with E-state index >= 15 is 0 Å². The highest BCUT2D eigenvalue weighted by atomic mass is 16.5. The lowest BCUT2D eigenvalue weighted by Crippen LogP contribution is -3.03. The molecule has 2 saturated heterocycles. The Labute approximate surface area is 166 Å². The average molecular weight is 388 g/mol. The predicted octanol–water partition coefficient (Wildman–Crippen LogP) is 0.107. The number of anilines is 1. The number of methoxy groups -OCH3 is 1. The molecule has 7 heteroatoms. The Morgan fingerprint density at radius 2 is 1.86 bits per heavy atom. The molecular weight excluding hydrogens is 356 g/mol. The van der Waals surface area contributed by atoms with Crippen molar-refractivity contribution in [3.8, 4) is 5.75 Å². The summed E-state index contributed by atoms with van der Waals surface area (Å²) < 4.78 is 5.21. The van der Waals surface area contributed by atoms with E-state index in [1.807, 2.05) is 17.0 Å². The van der Waals surface area contributed by atoms with Crippen LogP contribution in [0.2, 0.25) is 0 Å². The summed E-state index contributed by atoms with van der Waals surface area (Å²) in [5, 5.41) is 5.32. The number of carbonyl (C=O) groups excluding carboxylic acids is 2. The second-order valence-electron chi connectivity index (χ2n) is 8.13. The number of rotatable bonds is 4. The van der Waals surface area contributed by atoms with Gasteiger partial charge in [0.05, 0.1) is 19.6 Å². The molecule has 2 heterocycles. The average Bonchev–Trinajstić information content (AvgIpc) is 2.74. The third-order valence-corrected chi connectivity index (χ3v) is 6.43. The second kappa shape index (κ2) is 8.39. The molecule has 3 atom stereocenters. The summed E-state index contributed by atoms with van der Waals surface area (Å²) in [6.07, 6.45) is 4.92. The topological polar surface area (TPSA) is 78.5 Å². The summed E-state index contributed by atoms with van der Waals surface area (Å²) in [4.78, 5) is 29.4. The number of hydrogen-bond donors (Lipinski definition) is 2. The lowest BCUT2D eigenvalue weighted by atomic mass is 9.87. The van der Waals surface area contributed by atoms with Crippen LogP contribution in [0.15, 0.2) is 24.3 Å². The van der Waals surface area contributed by atoms with Crippen LogP contribution < -0.4 is 20.3 Å². The predicted molar refractivity (Wildman–Crippen MR) is 106 cm³/mol. The van der Waals surface area contributed by atoms with Crippen molar-refractivity contribution in [1.82, 2.24) is 10.2 Å². The molecule has 2 aliphatic heterocycles. The number of piperazine rings is 2. The molecule has 1 aromatic carbocycles. The van der Waals surface area contributed by atoms with E-state index in [1.54, 1.807) is 7.11 Å². The van der Waals surface area contributed by atoms with E-state index in [2.05, 4.69) is 27.7 Å². The monoisotopic (exact) mass is 387 g/mol. The molecule has 28 heavy (non-hydrogen) atoms. The molecular formula is C21H31N4O3+. The van der Waals surface area contributed by atoms with Crippen LogP contribution in [0.4, 0.5) is 5.69 Å². The molecule has 0 aromatic heterocycles. The van der Waals surface area contributed by atoms with Gasteiger partial charge in [0.25, 0.3) is 5.91 Å². The highest BCUT2D eigenvalue weighted by molar-refractivity contribution is 5.87. The third kappa shape index (κ3) is 4.09. The normalized spacial score (nSPS) is 27.8. The smallest absolute Gasteiger partial charge is 0.279 e. The number of nitrogens with two attached hydrogens (primary N) is 1. The van der Waals surface area contributed by atoms with Gasteiger partial charge in [0.1, 0.15) is 11.8 Å². The van der Waals surface area contributed by atoms with Crippen molar-refractivity contribution in [3.05, 3.63) is 24.3 Å². The van der Waals surface area contributed by atoms with Gasteiger partial charge in [-0.2, -0.15) is 0 Å². The van der Waals surface area contributed by atoms with Crippen LogP contribution in [0.3, 0.4) is 0 Å². The minimum atomic E-state index is -0.272. The van der Waals surface area contributed by atoms with Crippen molar-refractivity contribution in [2.24, 2.45) is 0 Å². The van der Waals surface area contributed by atoms with E-state index in [0.29, 0.717) is 31.6 Å². The summed E-state index contributed by atoms with van der Waals surface area (Å²) in [5.41, 5.74) is 1.15. The zero-order chi connectivity index (χ0) is 19.5. The Balaban J connectivity index is 1.28. The second-order valence-corrected chi connectivity index (χ2v) is 8.13. The Morgan fingerprint density at radius 1 is 1.14 bits per heavy atom. The molecule has 3 fully saturated rings. The number of benzene rings is 1. The van der Waals surface area contributed by atoms with Crippen LogP contribution in [0.1, 0.15) is 32.1 Å². The van der Waals surface area contributed by atoms with Crippen molar-refractivity contribution < 1.29 is 19.6 Å². The lowest BCUT2D eigenvalue weighted by molar-refractivity contribution is -0.718. The third-order valence-electron chi connectivity index (χ3n) is 6.43. The molecule has 4 rings (SSSR count). The molecule has 1 saturated carbocycles. The van der Waals surface area contributed by atoms with Crippen LogP contribution in [-0.2, 0) is 9.59 Å². The number of carbonyl (C=O) groups is 2. The maximum atomic E-state index is 12.8. The zero-order valence-electron chi connectivity index (χ0n) is 16.6. The van der Waals surface area contributed by atoms with Crippen molar-refractivity contribution >= 4 is 17.5 Å². The summed E-state index contributed by atoms with van der Waals surface area (Å²) in [6, 6.07) is 8.49. The van der Waals surface area contributed by atoms with Gasteiger partial charge in [-0.05, 0) is 37.1 Å². The van der Waals surface area contributed by atoms with Gasteiger partial charge in [0.15, 0.2) is 6.04 Å². The van der Waals surface area contributed by atoms with E-state index in [4.69, 9.17) is 4.74 Å². The molecule has 2 amide bonds. The van der Waals surface area contributed by atoms with Crippen molar-refractivity contribution in [2.45, 2.75) is 50.2 Å². The first-order chi connectivity index (χ1) is 13.6. The summed E-state index contributed by atoms with van der Waals surface area (Å²) in [7, 11) is 1.66. The Bertz CT molecular complexity index is 700. The Morgan fingerprint density at radius 3 is 2.57 bits per heavy atom. The molecule has 3 N–H and O–H groups in total. The quantitative estimate of drug-likeness (QED) is 0.769. The molecule has 0 bridgehead atoms. The van der Waals surface area contributed by atoms with E-state index in [9.17, 15) is 9.59 Å². The Kier molecular flexibility index (Phi) is 5.71. The number of hydrogen-bond acceptors (Lipinski definition) is 4. The number of nitrogens with zero attached hydrogens (tertiary/aromatic N) is 2. The maximum Gasteiger partial charge on any atom is 0.279 e. The minimum Gasteiger partial charge on any atom is -0.497 e. The molecule has 1 aromatic rings. The fourth-order valence-corrected chi connectivity index (χ4v) is 4.73. The highest BCUT2D eigenvalue weighted by Gasteiger charge is 2.41. The molecule has 3 aliphatic rings. The summed E-state index contributed by atoms with van der Waals surface area (Å²) >= 11 is 0. The van der Waals surface area contributed by atoms with Crippen LogP contribution >= 0.6 is 0 Å². The first-order valence-electron chi connectivity index (χ1n) is 10.5. The number of nitrogens with one attached hydrogen (secondary N) is 1. The van der Waals surface area contributed by atoms with Gasteiger partial charge in [0, 0.05) is 38.3 Å². The molecule has 0 unspecified atom stereocenters. The number of ether oxygens (including phenoxy) is 1. The van der Waals surface area contributed by atoms with E-state index in [0.717, 1.165) is 37.4 Å². The van der Waals surface area contributed by atoms with Gasteiger partial charge >= 0.3 is 0 Å². The van der Waals surface area contributed by atoms with Crippen LogP contribution in [-0.4, -0.2) is 68.1 Å². The Hall–Kier alpha value is -2.28. The van der Waals surface area contributed by atoms with E-state index in [1.165, 1.54) is 12.8 Å². The maximum absolute atomic E-state index is 12.8. The van der Waals surface area contributed by atoms with Crippen LogP contribution in [0.25, 0.3) is 0 Å². The van der Waals surface area contributed by atoms with Gasteiger partial charge in [0.2, 0.25) is 5.91 Å². The van der Waals surface area contributed by atoms with Gasteiger partial charge in [-0.1, -0.05) is 6.42 Å². The first kappa shape index (κ1) is 19.1. The van der Waals surface area contributed by atoms with Crippen molar-refractivity contribution in [1.29, 1.82) is 0 Å². The standard InChI is InChI=1S/C21H30N4O3/c1-28-16-8-6-15(7-9-16)24-10-12-25(13-11-24)20(26)14-19-21(27)23-18-5-3-2-4-17(18)22-19/h6-9,17-19,22H,2-5,10-14H2,1H3,(H,23,27)/p+1/t17-,18+,19-/m0/s1. The SMILES string of the molecule is COc1ccc(N2CCN(C(=O)C[C@@H]3[NH2+][C@H]4CCCC[C@H]4NC3=O)CC2)cc1. The van der Waals surface area contributed by atoms with E-state index < -0.39 is 0 Å². The molecule has 7 nitrogen and oxygen atoms in total. The van der Waals surface area contributed by atoms with Crippen molar-refractivity contribution in [2.75, 3.05) is 38.2 Å². The highest BCUT2D eigenvalue weighted by Crippen LogP contribution is 2.21. The fourth-order valence-electron chi connectivity index (χ4n) is 4.73. The summed E-state index contributed by atoms with van der Waals surface area (Å²) in [6.45, 7) is 3.02. The minimum absolute atomic E-state index is 0.0355. The van der Waals surface area contributed by atoms with Gasteiger partial charge < -0.3 is 25.2 Å². The molecule has 0 radical (unpaired) electrons. The zero-order valence-corrected chi connectivity index (χ0v) is 16.6. The van der Waals surface area contributed by atoms with Gasteiger partial charge in [-0.15, -0.1) is 0 Å². The summed E-state index contributed by atoms with van der Waals surface area (Å²) in [5.74, 6) is 0.980. The first-order valence-corrected chi connectivity index (χ1v) is 10.5. The van der Waals surface area contributed by atoms with Crippen LogP contribution in [0, 0.1) is 0 Å². The number of quaternary nitrogens is 1. The molecule has 1 aliphatic carbocycles. The number of fused-ring (bicyclic) bond motifs is 1.